The first-order valence-electron chi connectivity index (χ1n) is 8.12. The summed E-state index contributed by atoms with van der Waals surface area (Å²) < 4.78 is 6.06. The summed E-state index contributed by atoms with van der Waals surface area (Å²) in [5.74, 6) is 0.338. The van der Waals surface area contributed by atoms with E-state index in [1.165, 1.54) is 24.0 Å². The molecule has 0 spiro atoms. The van der Waals surface area contributed by atoms with Crippen LogP contribution in [0, 0.1) is 11.3 Å². The lowest BCUT2D eigenvalue weighted by Crippen LogP contribution is -2.40. The maximum absolute atomic E-state index is 13.2. The molecule has 1 aliphatic heterocycles. The average Bonchev–Trinajstić information content (AvgIpc) is 2.87. The number of carbonyl (C=O) groups excluding carboxylic acids is 1. The monoisotopic (exact) mass is 282 g/mol. The van der Waals surface area contributed by atoms with Crippen LogP contribution < -0.4 is 0 Å². The molecular formula is C19H22O2. The van der Waals surface area contributed by atoms with Crippen LogP contribution in [0.3, 0.4) is 0 Å². The second-order valence-electron chi connectivity index (χ2n) is 7.08. The smallest absolute Gasteiger partial charge is 0.170 e. The van der Waals surface area contributed by atoms with Crippen LogP contribution in [0.25, 0.3) is 0 Å². The van der Waals surface area contributed by atoms with Crippen molar-refractivity contribution in [3.8, 4) is 0 Å². The van der Waals surface area contributed by atoms with Gasteiger partial charge in [0.1, 0.15) is 0 Å². The zero-order valence-electron chi connectivity index (χ0n) is 12.6. The molecule has 2 bridgehead atoms. The Labute approximate surface area is 126 Å². The molecule has 4 rings (SSSR count). The van der Waals surface area contributed by atoms with Gasteiger partial charge in [0, 0.05) is 11.0 Å². The molecule has 21 heavy (non-hydrogen) atoms. The van der Waals surface area contributed by atoms with E-state index in [2.05, 4.69) is 6.92 Å². The molecule has 3 aliphatic rings. The molecule has 3 atom stereocenters. The van der Waals surface area contributed by atoms with Crippen LogP contribution >= 0.6 is 0 Å². The van der Waals surface area contributed by atoms with E-state index in [-0.39, 0.29) is 11.3 Å². The third kappa shape index (κ3) is 2.00. The highest BCUT2D eigenvalue weighted by molar-refractivity contribution is 6.00. The van der Waals surface area contributed by atoms with Gasteiger partial charge in [-0.15, -0.1) is 0 Å². The molecule has 1 saturated heterocycles. The number of ether oxygens (including phenoxy) is 1. The predicted octanol–water partition coefficient (Wildman–Crippen LogP) is 4.16. The van der Waals surface area contributed by atoms with Gasteiger partial charge in [0.15, 0.2) is 5.78 Å². The van der Waals surface area contributed by atoms with Crippen LogP contribution in [0.15, 0.2) is 41.5 Å². The Balaban J connectivity index is 1.79. The van der Waals surface area contributed by atoms with Crippen molar-refractivity contribution in [1.82, 2.24) is 0 Å². The maximum Gasteiger partial charge on any atom is 0.170 e. The number of Topliss-reactive ketones (excluding diaryl/α,β-unsaturated/α-hetero) is 1. The van der Waals surface area contributed by atoms with Gasteiger partial charge in [-0.2, -0.15) is 0 Å². The molecule has 2 aliphatic carbocycles. The van der Waals surface area contributed by atoms with Crippen LogP contribution in [-0.2, 0) is 4.74 Å². The lowest BCUT2D eigenvalue weighted by atomic mass is 9.61. The summed E-state index contributed by atoms with van der Waals surface area (Å²) in [6, 6.07) is 9.80. The highest BCUT2D eigenvalue weighted by Crippen LogP contribution is 2.54. The fourth-order valence-electron chi connectivity index (χ4n) is 4.57. The molecule has 0 radical (unpaired) electrons. The fraction of sp³-hybridized carbons (Fsp3) is 0.526. The van der Waals surface area contributed by atoms with Crippen molar-refractivity contribution in [2.24, 2.45) is 11.3 Å². The van der Waals surface area contributed by atoms with Gasteiger partial charge in [-0.05, 0) is 37.7 Å². The molecule has 1 aromatic carbocycles. The maximum atomic E-state index is 13.2. The van der Waals surface area contributed by atoms with Crippen LogP contribution in [0.1, 0.15) is 49.4 Å². The zero-order valence-corrected chi connectivity index (χ0v) is 12.6. The number of carbonyl (C=O) groups is 1. The standard InChI is InChI=1S/C19H22O2/c1-19-11-16(21-12-19)14-9-5-6-10-15(14)17(19)18(20)13-7-3-2-4-8-13/h2-4,7-8,16-17H,5-6,9-12H2,1H3/t16-,17-,19-/m1/s1. The Kier molecular flexibility index (Phi) is 3.04. The van der Waals surface area contributed by atoms with Crippen molar-refractivity contribution in [3.63, 3.8) is 0 Å². The third-order valence-corrected chi connectivity index (χ3v) is 5.58. The minimum absolute atomic E-state index is 0.00619. The Morgan fingerprint density at radius 3 is 2.62 bits per heavy atom. The van der Waals surface area contributed by atoms with E-state index in [0.29, 0.717) is 11.9 Å². The number of hydrogen-bond acceptors (Lipinski definition) is 2. The molecular weight excluding hydrogens is 260 g/mol. The number of allylic oxidation sites excluding steroid dienone is 1. The third-order valence-electron chi connectivity index (χ3n) is 5.58. The topological polar surface area (TPSA) is 26.3 Å². The summed E-state index contributed by atoms with van der Waals surface area (Å²) in [7, 11) is 0. The molecule has 0 N–H and O–H groups in total. The minimum atomic E-state index is -0.00619. The van der Waals surface area contributed by atoms with Gasteiger partial charge in [-0.1, -0.05) is 42.8 Å². The Morgan fingerprint density at radius 2 is 1.86 bits per heavy atom. The van der Waals surface area contributed by atoms with Gasteiger partial charge in [-0.25, -0.2) is 0 Å². The van der Waals surface area contributed by atoms with Crippen LogP contribution in [0.5, 0.6) is 0 Å². The Morgan fingerprint density at radius 1 is 1.14 bits per heavy atom. The van der Waals surface area contributed by atoms with E-state index in [1.54, 1.807) is 0 Å². The minimum Gasteiger partial charge on any atom is -0.373 e. The summed E-state index contributed by atoms with van der Waals surface area (Å²) in [5, 5.41) is 0. The van der Waals surface area contributed by atoms with E-state index < -0.39 is 0 Å². The van der Waals surface area contributed by atoms with Crippen molar-refractivity contribution in [1.29, 1.82) is 0 Å². The number of rotatable bonds is 2. The van der Waals surface area contributed by atoms with Crippen molar-refractivity contribution in [3.05, 3.63) is 47.0 Å². The van der Waals surface area contributed by atoms with E-state index in [1.807, 2.05) is 30.3 Å². The zero-order chi connectivity index (χ0) is 14.4. The van der Waals surface area contributed by atoms with E-state index >= 15 is 0 Å². The Bertz CT molecular complexity index is 601. The van der Waals surface area contributed by atoms with Crippen molar-refractivity contribution in [2.75, 3.05) is 6.61 Å². The first kappa shape index (κ1) is 13.3. The molecule has 0 saturated carbocycles. The van der Waals surface area contributed by atoms with Crippen molar-refractivity contribution < 1.29 is 9.53 Å². The molecule has 1 fully saturated rings. The number of fused-ring (bicyclic) bond motifs is 3. The lowest BCUT2D eigenvalue weighted by molar-refractivity contribution is 0.0778. The molecule has 0 unspecified atom stereocenters. The van der Waals surface area contributed by atoms with Crippen LogP contribution in [0.4, 0.5) is 0 Å². The molecule has 1 heterocycles. The molecule has 0 aromatic heterocycles. The Hall–Kier alpha value is -1.41. The number of benzene rings is 1. The second kappa shape index (κ2) is 4.81. The SMILES string of the molecule is C[C@]12CO[C@H](C1)C1=C(CCCC1)[C@@H]2C(=O)c1ccccc1. The molecule has 1 aromatic rings. The summed E-state index contributed by atoms with van der Waals surface area (Å²) in [5.41, 5.74) is 3.73. The second-order valence-corrected chi connectivity index (χ2v) is 7.08. The van der Waals surface area contributed by atoms with E-state index in [0.717, 1.165) is 31.4 Å². The normalized spacial score (nSPS) is 34.7. The van der Waals surface area contributed by atoms with Gasteiger partial charge < -0.3 is 4.74 Å². The molecule has 110 valence electrons. The van der Waals surface area contributed by atoms with E-state index in [4.69, 9.17) is 4.74 Å². The summed E-state index contributed by atoms with van der Waals surface area (Å²) in [6.45, 7) is 2.98. The number of ketones is 1. The van der Waals surface area contributed by atoms with Gasteiger partial charge in [0.05, 0.1) is 18.6 Å². The van der Waals surface area contributed by atoms with Crippen molar-refractivity contribution in [2.45, 2.75) is 45.1 Å². The first-order valence-corrected chi connectivity index (χ1v) is 8.12. The summed E-state index contributed by atoms with van der Waals surface area (Å²) in [4.78, 5) is 13.2. The molecule has 2 nitrogen and oxygen atoms in total. The summed E-state index contributed by atoms with van der Waals surface area (Å²) in [6.07, 6.45) is 6.02. The van der Waals surface area contributed by atoms with E-state index in [9.17, 15) is 4.79 Å². The average molecular weight is 282 g/mol. The highest BCUT2D eigenvalue weighted by atomic mass is 16.5. The van der Waals surface area contributed by atoms with Crippen LogP contribution in [-0.4, -0.2) is 18.5 Å². The quantitative estimate of drug-likeness (QED) is 0.601. The number of hydrogen-bond donors (Lipinski definition) is 0. The van der Waals surface area contributed by atoms with Gasteiger partial charge in [0.25, 0.3) is 0 Å². The molecule has 2 heteroatoms. The lowest BCUT2D eigenvalue weighted by Gasteiger charge is -2.40. The predicted molar refractivity (Wildman–Crippen MR) is 82.2 cm³/mol. The fourth-order valence-corrected chi connectivity index (χ4v) is 4.57. The van der Waals surface area contributed by atoms with Crippen LogP contribution in [0.2, 0.25) is 0 Å². The summed E-state index contributed by atoms with van der Waals surface area (Å²) >= 11 is 0. The first-order chi connectivity index (χ1) is 10.2. The van der Waals surface area contributed by atoms with Gasteiger partial charge in [-0.3, -0.25) is 4.79 Å². The largest absolute Gasteiger partial charge is 0.373 e. The highest BCUT2D eigenvalue weighted by Gasteiger charge is 2.52. The van der Waals surface area contributed by atoms with Crippen molar-refractivity contribution >= 4 is 5.78 Å². The van der Waals surface area contributed by atoms with Gasteiger partial charge >= 0.3 is 0 Å². The molecule has 0 amide bonds. The van der Waals surface area contributed by atoms with Gasteiger partial charge in [0.2, 0.25) is 0 Å².